The fourth-order valence-electron chi connectivity index (χ4n) is 1.51. The van der Waals surface area contributed by atoms with Crippen LogP contribution in [0.1, 0.15) is 0 Å². The van der Waals surface area contributed by atoms with Gasteiger partial charge in [0.05, 0.1) is 18.2 Å². The van der Waals surface area contributed by atoms with Gasteiger partial charge in [-0.25, -0.2) is 16.8 Å². The summed E-state index contributed by atoms with van der Waals surface area (Å²) in [7, 11) is -10.6. The van der Waals surface area contributed by atoms with Gasteiger partial charge in [-0.15, -0.1) is 0 Å². The summed E-state index contributed by atoms with van der Waals surface area (Å²) in [5.41, 5.74) is -10.8. The van der Waals surface area contributed by atoms with E-state index in [9.17, 15) is 43.2 Å². The third-order valence-corrected chi connectivity index (χ3v) is 5.70. The molecule has 6 nitrogen and oxygen atoms in total. The van der Waals surface area contributed by atoms with Crippen molar-refractivity contribution < 1.29 is 43.2 Å². The van der Waals surface area contributed by atoms with Crippen molar-refractivity contribution in [2.24, 2.45) is 0 Å². The average molecular weight is 390 g/mol. The monoisotopic (exact) mass is 390 g/mol. The number of halogens is 6. The predicted octanol–water partition coefficient (Wildman–Crippen LogP) is 0.902. The first-order chi connectivity index (χ1) is 10.2. The maximum atomic E-state index is 12.1. The lowest BCUT2D eigenvalue weighted by molar-refractivity contribution is -0.0441. The highest BCUT2D eigenvalue weighted by Crippen LogP contribution is 2.25. The third kappa shape index (κ3) is 5.16. The first-order valence-electron chi connectivity index (χ1n) is 5.90. The summed E-state index contributed by atoms with van der Waals surface area (Å²) in [5, 5.41) is 0. The Bertz CT molecular complexity index is 597. The zero-order valence-corrected chi connectivity index (χ0v) is 12.9. The summed E-state index contributed by atoms with van der Waals surface area (Å²) >= 11 is 0. The van der Waals surface area contributed by atoms with Crippen molar-refractivity contribution in [2.75, 3.05) is 31.3 Å². The smallest absolute Gasteiger partial charge is 0.358 e. The predicted molar refractivity (Wildman–Crippen MR) is 67.1 cm³/mol. The van der Waals surface area contributed by atoms with E-state index in [1.165, 1.54) is 12.4 Å². The molecule has 0 saturated carbocycles. The molecule has 0 aliphatic carbocycles. The van der Waals surface area contributed by atoms with Crippen LogP contribution in [-0.4, -0.2) is 68.9 Å². The van der Waals surface area contributed by atoms with Crippen molar-refractivity contribution in [3.05, 3.63) is 12.4 Å². The minimum atomic E-state index is -5.38. The van der Waals surface area contributed by atoms with Crippen LogP contribution < -0.4 is 0 Å². The summed E-state index contributed by atoms with van der Waals surface area (Å²) in [6.07, 6.45) is 2.35. The highest BCUT2D eigenvalue weighted by Gasteiger charge is 2.46. The zero-order chi connectivity index (χ0) is 18.1. The summed E-state index contributed by atoms with van der Waals surface area (Å²) in [6, 6.07) is 0. The molecule has 0 radical (unpaired) electrons. The molecule has 0 aromatic heterocycles. The Hall–Kier alpha value is -1.18. The topological polar surface area (TPSA) is 74.8 Å². The Morgan fingerprint density at radius 1 is 0.739 bits per heavy atom. The summed E-state index contributed by atoms with van der Waals surface area (Å²) < 4.78 is 116. The van der Waals surface area contributed by atoms with E-state index >= 15 is 0 Å². The van der Waals surface area contributed by atoms with Gasteiger partial charge in [-0.05, 0) is 0 Å². The molecule has 0 atom stereocenters. The van der Waals surface area contributed by atoms with E-state index in [-0.39, 0.29) is 6.67 Å². The maximum absolute atomic E-state index is 12.1. The molecule has 0 fully saturated rings. The summed E-state index contributed by atoms with van der Waals surface area (Å²) in [4.78, 5) is 2.23. The maximum Gasteiger partial charge on any atom is 0.497 e. The molecule has 0 aromatic carbocycles. The van der Waals surface area contributed by atoms with Crippen LogP contribution in [-0.2, 0) is 19.7 Å². The van der Waals surface area contributed by atoms with Crippen molar-refractivity contribution >= 4 is 19.7 Å². The van der Waals surface area contributed by atoms with Gasteiger partial charge in [0.2, 0.25) is 19.7 Å². The van der Waals surface area contributed by atoms with Crippen LogP contribution in [0.3, 0.4) is 0 Å². The molecule has 0 unspecified atom stereocenters. The minimum absolute atomic E-state index is 0.208. The Kier molecular flexibility index (Phi) is 5.51. The van der Waals surface area contributed by atoms with Crippen LogP contribution in [0.4, 0.5) is 26.3 Å². The number of hydrogen-bond donors (Lipinski definition) is 0. The van der Waals surface area contributed by atoms with Crippen molar-refractivity contribution in [1.82, 2.24) is 9.80 Å². The third-order valence-electron chi connectivity index (χ3n) is 2.85. The highest BCUT2D eigenvalue weighted by molar-refractivity contribution is 7.92. The van der Waals surface area contributed by atoms with Gasteiger partial charge in [-0.2, -0.15) is 26.3 Å². The van der Waals surface area contributed by atoms with Crippen LogP contribution in [0.15, 0.2) is 12.4 Å². The molecular formula is C9H12F6N2O4S2. The largest absolute Gasteiger partial charge is 0.497 e. The van der Waals surface area contributed by atoms with Gasteiger partial charge in [0.25, 0.3) is 0 Å². The van der Waals surface area contributed by atoms with Crippen LogP contribution in [0.5, 0.6) is 0 Å². The van der Waals surface area contributed by atoms with Crippen molar-refractivity contribution in [3.63, 3.8) is 0 Å². The molecule has 14 heteroatoms. The van der Waals surface area contributed by atoms with Crippen LogP contribution >= 0.6 is 0 Å². The Labute approximate surface area is 128 Å². The van der Waals surface area contributed by atoms with Crippen LogP contribution in [0, 0.1) is 0 Å². The van der Waals surface area contributed by atoms with Crippen LogP contribution in [0.2, 0.25) is 0 Å². The molecule has 1 heterocycles. The van der Waals surface area contributed by atoms with E-state index in [1.54, 1.807) is 0 Å². The Balaban J connectivity index is 2.48. The molecule has 136 valence electrons. The van der Waals surface area contributed by atoms with Gasteiger partial charge in [-0.1, -0.05) is 0 Å². The summed E-state index contributed by atoms with van der Waals surface area (Å²) in [5.74, 6) is -2.43. The molecule has 23 heavy (non-hydrogen) atoms. The van der Waals surface area contributed by atoms with Crippen LogP contribution in [0.25, 0.3) is 0 Å². The Morgan fingerprint density at radius 3 is 1.30 bits per heavy atom. The fraction of sp³-hybridized carbons (Fsp3) is 0.778. The molecule has 0 amide bonds. The Morgan fingerprint density at radius 2 is 1.04 bits per heavy atom. The van der Waals surface area contributed by atoms with E-state index < -0.39 is 55.3 Å². The fourth-order valence-corrected chi connectivity index (χ4v) is 2.93. The number of sulfone groups is 2. The highest BCUT2D eigenvalue weighted by atomic mass is 32.2. The van der Waals surface area contributed by atoms with E-state index in [1.807, 2.05) is 0 Å². The van der Waals surface area contributed by atoms with Gasteiger partial charge >= 0.3 is 11.0 Å². The molecule has 1 rings (SSSR count). The second-order valence-corrected chi connectivity index (χ2v) is 8.79. The molecular weight excluding hydrogens is 378 g/mol. The molecule has 0 N–H and O–H groups in total. The first-order valence-corrected chi connectivity index (χ1v) is 9.21. The van der Waals surface area contributed by atoms with Gasteiger partial charge in [0.1, 0.15) is 0 Å². The van der Waals surface area contributed by atoms with Gasteiger partial charge in [-0.3, -0.25) is 0 Å². The van der Waals surface area contributed by atoms with Gasteiger partial charge in [0, 0.05) is 25.5 Å². The zero-order valence-electron chi connectivity index (χ0n) is 11.3. The van der Waals surface area contributed by atoms with Crippen molar-refractivity contribution in [3.8, 4) is 0 Å². The molecule has 1 aliphatic heterocycles. The summed E-state index contributed by atoms with van der Waals surface area (Å²) in [6.45, 7) is -1.26. The quantitative estimate of drug-likeness (QED) is 0.628. The van der Waals surface area contributed by atoms with E-state index in [2.05, 4.69) is 0 Å². The van der Waals surface area contributed by atoms with E-state index in [0.717, 1.165) is 9.80 Å². The second-order valence-electron chi connectivity index (χ2n) is 4.59. The number of alkyl halides is 6. The molecule has 0 spiro atoms. The lowest BCUT2D eigenvalue weighted by atomic mass is 10.6. The average Bonchev–Trinajstić information content (AvgIpc) is 2.79. The van der Waals surface area contributed by atoms with Crippen molar-refractivity contribution in [1.29, 1.82) is 0 Å². The molecule has 0 aromatic rings. The normalized spacial score (nSPS) is 17.1. The lowest BCUT2D eigenvalue weighted by Gasteiger charge is -2.21. The SMILES string of the molecule is O=S(=O)(CCN1C=CN(CCS(=O)(=O)C(F)(F)F)C1)C(F)(F)F. The van der Waals surface area contributed by atoms with Gasteiger partial charge in [0.15, 0.2) is 0 Å². The number of nitrogens with zero attached hydrogens (tertiary/aromatic N) is 2. The first kappa shape index (κ1) is 19.9. The molecule has 0 bridgehead atoms. The standard InChI is InChI=1S/C9H12F6N2O4S2/c10-8(11,12)22(18,19)5-3-16-1-2-17(7-16)4-6-23(20,21)9(13,14)15/h1-2H,3-7H2. The number of rotatable bonds is 6. The second kappa shape index (κ2) is 6.37. The number of hydrogen-bond acceptors (Lipinski definition) is 6. The minimum Gasteiger partial charge on any atom is -0.358 e. The molecule has 1 aliphatic rings. The van der Waals surface area contributed by atoms with Crippen molar-refractivity contribution in [2.45, 2.75) is 11.0 Å². The van der Waals surface area contributed by atoms with Gasteiger partial charge < -0.3 is 9.80 Å². The lowest BCUT2D eigenvalue weighted by Crippen LogP contribution is -2.36. The van der Waals surface area contributed by atoms with E-state index in [4.69, 9.17) is 0 Å². The molecule has 0 saturated heterocycles. The van der Waals surface area contributed by atoms with E-state index in [0.29, 0.717) is 0 Å².